The van der Waals surface area contributed by atoms with E-state index >= 15 is 0 Å². The Morgan fingerprint density at radius 1 is 0.481 bits per heavy atom. The normalized spacial score (nSPS) is 14.0. The minimum atomic E-state index is 0.633. The van der Waals surface area contributed by atoms with Gasteiger partial charge in [-0.1, -0.05) is 109 Å². The first-order valence-electron chi connectivity index (χ1n) is 17.7. The summed E-state index contributed by atoms with van der Waals surface area (Å²) in [6, 6.07) is 48.3. The molecule has 0 unspecified atom stereocenters. The third-order valence-electron chi connectivity index (χ3n) is 10.4. The summed E-state index contributed by atoms with van der Waals surface area (Å²) in [7, 11) is 0. The van der Waals surface area contributed by atoms with Crippen LogP contribution in [0.1, 0.15) is 29.5 Å². The number of amidine groups is 1. The fraction of sp³-hybridized carbons (Fsp3) is 0.0426. The van der Waals surface area contributed by atoms with Crippen LogP contribution >= 0.6 is 0 Å². The number of aliphatic imine (C=N–C) groups is 2. The van der Waals surface area contributed by atoms with Crippen LogP contribution in [0.2, 0.25) is 0 Å². The number of benzene rings is 7. The number of furan rings is 2. The second-order valence-electron chi connectivity index (χ2n) is 13.4. The predicted octanol–water partition coefficient (Wildman–Crippen LogP) is 12.4. The highest BCUT2D eigenvalue weighted by atomic mass is 16.3. The molecule has 10 aromatic rings. The number of aromatic nitrogens is 1. The van der Waals surface area contributed by atoms with Gasteiger partial charge in [0.1, 0.15) is 22.3 Å². The van der Waals surface area contributed by atoms with Crippen molar-refractivity contribution in [1.29, 1.82) is 0 Å². The molecule has 3 aromatic heterocycles. The summed E-state index contributed by atoms with van der Waals surface area (Å²) in [5, 5.41) is 10.0. The van der Waals surface area contributed by atoms with E-state index in [1.54, 1.807) is 0 Å². The van der Waals surface area contributed by atoms with E-state index in [-0.39, 0.29) is 0 Å². The Balaban J connectivity index is 1.17. The van der Waals surface area contributed by atoms with Crippen molar-refractivity contribution in [3.05, 3.63) is 168 Å². The Kier molecular flexibility index (Phi) is 6.31. The second-order valence-corrected chi connectivity index (χ2v) is 13.4. The number of fused-ring (bicyclic) bond motifs is 11. The van der Waals surface area contributed by atoms with Crippen molar-refractivity contribution < 1.29 is 8.83 Å². The van der Waals surface area contributed by atoms with Crippen LogP contribution in [0.25, 0.3) is 82.0 Å². The Bertz CT molecular complexity index is 3190. The van der Waals surface area contributed by atoms with Crippen LogP contribution in [0.4, 0.5) is 0 Å². The van der Waals surface area contributed by atoms with Gasteiger partial charge in [0, 0.05) is 60.6 Å². The Morgan fingerprint density at radius 3 is 2.08 bits per heavy atom. The molecule has 0 fully saturated rings. The highest BCUT2D eigenvalue weighted by molar-refractivity contribution is 6.27. The lowest BCUT2D eigenvalue weighted by Crippen LogP contribution is -2.10. The van der Waals surface area contributed by atoms with Crippen LogP contribution in [0.3, 0.4) is 0 Å². The molecule has 0 bridgehead atoms. The van der Waals surface area contributed by atoms with Gasteiger partial charge >= 0.3 is 0 Å². The van der Waals surface area contributed by atoms with E-state index in [9.17, 15) is 0 Å². The maximum Gasteiger partial charge on any atom is 0.160 e. The smallest absolute Gasteiger partial charge is 0.160 e. The fourth-order valence-corrected chi connectivity index (χ4v) is 8.03. The van der Waals surface area contributed by atoms with E-state index in [0.29, 0.717) is 5.84 Å². The molecule has 0 saturated carbocycles. The van der Waals surface area contributed by atoms with E-state index in [2.05, 4.69) is 97.1 Å². The average Bonchev–Trinajstić information content (AvgIpc) is 3.76. The van der Waals surface area contributed by atoms with Crippen LogP contribution in [0, 0.1) is 0 Å². The van der Waals surface area contributed by atoms with Gasteiger partial charge in [-0.2, -0.15) is 0 Å². The van der Waals surface area contributed by atoms with Crippen LogP contribution in [-0.4, -0.2) is 16.5 Å². The Labute approximate surface area is 297 Å². The van der Waals surface area contributed by atoms with Crippen molar-refractivity contribution in [2.24, 2.45) is 9.98 Å². The molecule has 244 valence electrons. The van der Waals surface area contributed by atoms with Gasteiger partial charge in [-0.05, 0) is 60.0 Å². The van der Waals surface area contributed by atoms with Crippen LogP contribution in [0.5, 0.6) is 0 Å². The third-order valence-corrected chi connectivity index (χ3v) is 10.4. The molecule has 0 radical (unpaired) electrons. The molecule has 0 aliphatic carbocycles. The molecule has 5 nitrogen and oxygen atoms in total. The summed E-state index contributed by atoms with van der Waals surface area (Å²) in [6.07, 6.45) is 5.63. The minimum absolute atomic E-state index is 0.633. The molecular formula is C47H29N3O2. The molecule has 0 amide bonds. The lowest BCUT2D eigenvalue weighted by molar-refractivity contribution is 0.668. The minimum Gasteiger partial charge on any atom is -0.456 e. The van der Waals surface area contributed by atoms with Crippen molar-refractivity contribution in [3.63, 3.8) is 0 Å². The maximum absolute atomic E-state index is 6.37. The average molecular weight is 668 g/mol. The van der Waals surface area contributed by atoms with Gasteiger partial charge in [0.15, 0.2) is 5.84 Å². The zero-order valence-electron chi connectivity index (χ0n) is 28.0. The first kappa shape index (κ1) is 28.9. The lowest BCUT2D eigenvalue weighted by atomic mass is 9.92. The summed E-state index contributed by atoms with van der Waals surface area (Å²) >= 11 is 0. The molecule has 52 heavy (non-hydrogen) atoms. The number of hydrogen-bond donors (Lipinski definition) is 0. The van der Waals surface area contributed by atoms with Gasteiger partial charge in [0.2, 0.25) is 0 Å². The SMILES string of the molecule is C1=C(c2cccc3oc4ccccc4c23)N=C(c2ccc3c(c2)oc2ccccc23)N=C(c2cccc3ccc4ccc5cccnc5c4c23)CC1. The monoisotopic (exact) mass is 667 g/mol. The fourth-order valence-electron chi connectivity index (χ4n) is 8.03. The largest absolute Gasteiger partial charge is 0.456 e. The summed E-state index contributed by atoms with van der Waals surface area (Å²) in [6.45, 7) is 0. The van der Waals surface area contributed by atoms with Gasteiger partial charge in [-0.25, -0.2) is 9.98 Å². The van der Waals surface area contributed by atoms with Crippen LogP contribution in [0.15, 0.2) is 171 Å². The van der Waals surface area contributed by atoms with Crippen LogP contribution < -0.4 is 0 Å². The molecule has 5 heteroatoms. The number of allylic oxidation sites excluding steroid dienone is 1. The van der Waals surface area contributed by atoms with E-state index in [4.69, 9.17) is 23.8 Å². The quantitative estimate of drug-likeness (QED) is 0.176. The molecule has 11 rings (SSSR count). The summed E-state index contributed by atoms with van der Waals surface area (Å²) in [5.74, 6) is 0.633. The Hall–Kier alpha value is -6.85. The van der Waals surface area contributed by atoms with Gasteiger partial charge in [0.25, 0.3) is 0 Å². The summed E-state index contributed by atoms with van der Waals surface area (Å²) in [5.41, 5.74) is 9.24. The van der Waals surface area contributed by atoms with Gasteiger partial charge < -0.3 is 8.83 Å². The third kappa shape index (κ3) is 4.46. The second kappa shape index (κ2) is 11.3. The molecule has 1 aliphatic rings. The summed E-state index contributed by atoms with van der Waals surface area (Å²) in [4.78, 5) is 15.8. The molecule has 0 saturated heterocycles. The molecule has 1 aliphatic heterocycles. The number of hydrogen-bond acceptors (Lipinski definition) is 5. The molecule has 0 N–H and O–H groups in total. The highest BCUT2D eigenvalue weighted by Crippen LogP contribution is 2.38. The predicted molar refractivity (Wildman–Crippen MR) is 214 cm³/mol. The van der Waals surface area contributed by atoms with Crippen molar-refractivity contribution in [2.75, 3.05) is 0 Å². The number of rotatable bonds is 3. The van der Waals surface area contributed by atoms with Crippen molar-refractivity contribution in [2.45, 2.75) is 12.8 Å². The van der Waals surface area contributed by atoms with Crippen molar-refractivity contribution in [3.8, 4) is 0 Å². The molecule has 7 aromatic carbocycles. The number of para-hydroxylation sites is 2. The zero-order valence-corrected chi connectivity index (χ0v) is 28.0. The van der Waals surface area contributed by atoms with Crippen molar-refractivity contribution >= 4 is 93.6 Å². The van der Waals surface area contributed by atoms with E-state index in [1.807, 2.05) is 54.7 Å². The highest BCUT2D eigenvalue weighted by Gasteiger charge is 2.20. The van der Waals surface area contributed by atoms with E-state index in [1.165, 1.54) is 0 Å². The molecule has 0 atom stereocenters. The Morgan fingerprint density at radius 2 is 1.17 bits per heavy atom. The molecular weight excluding hydrogens is 639 g/mol. The van der Waals surface area contributed by atoms with E-state index < -0.39 is 0 Å². The number of nitrogens with zero attached hydrogens (tertiary/aromatic N) is 3. The standard InChI is InChI=1S/C47H29N3O2/c1-3-17-39-32(11-1)33-25-24-31(27-42(33)52-39)47-49-37(15-7-16-38(50-47)35-14-6-19-41-45(35)36-12-2-4-18-40(36)51-41)34-13-5-9-28-20-21-29-22-23-30-10-8-26-48-46(30)44(29)43(28)34/h1-6,8-14,16-27H,7,15H2. The summed E-state index contributed by atoms with van der Waals surface area (Å²) < 4.78 is 12.7. The molecule has 0 spiro atoms. The maximum atomic E-state index is 6.37. The van der Waals surface area contributed by atoms with Gasteiger partial charge in [-0.15, -0.1) is 0 Å². The van der Waals surface area contributed by atoms with Gasteiger partial charge in [0.05, 0.1) is 16.9 Å². The van der Waals surface area contributed by atoms with Crippen LogP contribution in [-0.2, 0) is 0 Å². The van der Waals surface area contributed by atoms with Crippen molar-refractivity contribution in [1.82, 2.24) is 4.98 Å². The lowest BCUT2D eigenvalue weighted by Gasteiger charge is -2.16. The van der Waals surface area contributed by atoms with E-state index in [0.717, 1.165) is 117 Å². The van der Waals surface area contributed by atoms with Gasteiger partial charge in [-0.3, -0.25) is 4.98 Å². The first-order chi connectivity index (χ1) is 25.8. The number of pyridine rings is 1. The molecule has 4 heterocycles. The zero-order chi connectivity index (χ0) is 34.2. The topological polar surface area (TPSA) is 63.9 Å². The first-order valence-corrected chi connectivity index (χ1v) is 17.7.